The van der Waals surface area contributed by atoms with Gasteiger partial charge in [-0.1, -0.05) is 19.1 Å². The van der Waals surface area contributed by atoms with E-state index in [1.165, 1.54) is 0 Å². The van der Waals surface area contributed by atoms with Crippen LogP contribution >= 0.6 is 0 Å². The van der Waals surface area contributed by atoms with Gasteiger partial charge in [0.2, 0.25) is 0 Å². The smallest absolute Gasteiger partial charge is 0.478 e. The first-order valence-corrected chi connectivity index (χ1v) is 6.89. The predicted octanol–water partition coefficient (Wildman–Crippen LogP) is 2.25. The molecule has 4 nitrogen and oxygen atoms in total. The Balaban J connectivity index is 2.36. The van der Waals surface area contributed by atoms with Crippen molar-refractivity contribution in [1.82, 2.24) is 0 Å². The number of carboxylic acids is 1. The number of benzene rings is 1. The third-order valence-corrected chi connectivity index (χ3v) is 4.27. The normalized spacial score (nSPS) is 20.1. The average molecular weight is 276 g/mol. The fraction of sp³-hybridized carbons (Fsp3) is 0.533. The maximum absolute atomic E-state index is 11.3. The van der Waals surface area contributed by atoms with Gasteiger partial charge in [0.15, 0.2) is 0 Å². The summed E-state index contributed by atoms with van der Waals surface area (Å²) in [4.78, 5) is 11.3. The zero-order valence-corrected chi connectivity index (χ0v) is 12.7. The van der Waals surface area contributed by atoms with E-state index < -0.39 is 24.3 Å². The standard InChI is InChI=1S/C15H21BO4/c1-6-10-7-8-11(9-12(10)13(17)18)16-19-14(2,3)15(4,5)20-16/h7-9H,6H2,1-5H3,(H,17,18). The molecule has 1 aliphatic rings. The number of carbonyl (C=O) groups is 1. The summed E-state index contributed by atoms with van der Waals surface area (Å²) >= 11 is 0. The summed E-state index contributed by atoms with van der Waals surface area (Å²) in [5, 5.41) is 9.29. The molecule has 1 aromatic carbocycles. The number of hydrogen-bond donors (Lipinski definition) is 1. The quantitative estimate of drug-likeness (QED) is 0.860. The third-order valence-electron chi connectivity index (χ3n) is 4.27. The monoisotopic (exact) mass is 276 g/mol. The number of aryl methyl sites for hydroxylation is 1. The van der Waals surface area contributed by atoms with Gasteiger partial charge in [0.25, 0.3) is 0 Å². The molecular formula is C15H21BO4. The van der Waals surface area contributed by atoms with Crippen molar-refractivity contribution in [3.63, 3.8) is 0 Å². The number of aromatic carboxylic acids is 1. The van der Waals surface area contributed by atoms with Crippen LogP contribution in [0.2, 0.25) is 0 Å². The van der Waals surface area contributed by atoms with E-state index in [9.17, 15) is 9.90 Å². The van der Waals surface area contributed by atoms with Crippen molar-refractivity contribution < 1.29 is 19.2 Å². The van der Waals surface area contributed by atoms with Gasteiger partial charge in [-0.25, -0.2) is 4.79 Å². The molecule has 0 bridgehead atoms. The summed E-state index contributed by atoms with van der Waals surface area (Å²) in [5.74, 6) is -0.916. The largest absolute Gasteiger partial charge is 0.494 e. The van der Waals surface area contributed by atoms with Crippen LogP contribution in [0.5, 0.6) is 0 Å². The first kappa shape index (κ1) is 15.1. The van der Waals surface area contributed by atoms with Gasteiger partial charge in [-0.2, -0.15) is 0 Å². The topological polar surface area (TPSA) is 55.8 Å². The summed E-state index contributed by atoms with van der Waals surface area (Å²) in [6.07, 6.45) is 0.686. The highest BCUT2D eigenvalue weighted by molar-refractivity contribution is 6.62. The predicted molar refractivity (Wildman–Crippen MR) is 78.5 cm³/mol. The van der Waals surface area contributed by atoms with Crippen molar-refractivity contribution in [2.45, 2.75) is 52.2 Å². The molecule has 20 heavy (non-hydrogen) atoms. The fourth-order valence-corrected chi connectivity index (χ4v) is 2.23. The molecule has 0 aromatic heterocycles. The molecule has 1 heterocycles. The second kappa shape index (κ2) is 4.90. The maximum Gasteiger partial charge on any atom is 0.494 e. The SMILES string of the molecule is CCc1ccc(B2OC(C)(C)C(C)(C)O2)cc1C(=O)O. The Labute approximate surface area is 120 Å². The first-order valence-electron chi connectivity index (χ1n) is 6.89. The molecule has 1 N–H and O–H groups in total. The van der Waals surface area contributed by atoms with Gasteiger partial charge in [-0.15, -0.1) is 0 Å². The zero-order chi connectivity index (χ0) is 15.1. The minimum Gasteiger partial charge on any atom is -0.478 e. The molecule has 0 saturated carbocycles. The van der Waals surface area contributed by atoms with E-state index in [2.05, 4.69) is 0 Å². The Bertz CT molecular complexity index is 521. The molecule has 1 saturated heterocycles. The van der Waals surface area contributed by atoms with Crippen LogP contribution in [0.1, 0.15) is 50.5 Å². The lowest BCUT2D eigenvalue weighted by Crippen LogP contribution is -2.41. The van der Waals surface area contributed by atoms with Crippen LogP contribution in [0.3, 0.4) is 0 Å². The summed E-state index contributed by atoms with van der Waals surface area (Å²) in [5.41, 5.74) is 1.03. The Kier molecular flexibility index (Phi) is 3.69. The summed E-state index contributed by atoms with van der Waals surface area (Å²) < 4.78 is 11.9. The summed E-state index contributed by atoms with van der Waals surface area (Å²) in [7, 11) is -0.524. The van der Waals surface area contributed by atoms with Crippen LogP contribution in [0.25, 0.3) is 0 Å². The molecule has 5 heteroatoms. The highest BCUT2D eigenvalue weighted by Crippen LogP contribution is 2.36. The highest BCUT2D eigenvalue weighted by Gasteiger charge is 2.51. The van der Waals surface area contributed by atoms with E-state index in [0.29, 0.717) is 12.0 Å². The molecule has 2 rings (SSSR count). The van der Waals surface area contributed by atoms with Crippen molar-refractivity contribution in [3.8, 4) is 0 Å². The van der Waals surface area contributed by atoms with Crippen molar-refractivity contribution in [2.75, 3.05) is 0 Å². The van der Waals surface area contributed by atoms with E-state index in [0.717, 1.165) is 11.0 Å². The molecule has 108 valence electrons. The van der Waals surface area contributed by atoms with E-state index in [1.807, 2.05) is 46.8 Å². The molecule has 0 amide bonds. The lowest BCUT2D eigenvalue weighted by molar-refractivity contribution is 0.00578. The van der Waals surface area contributed by atoms with Gasteiger partial charge in [0, 0.05) is 0 Å². The molecule has 0 radical (unpaired) electrons. The number of hydrogen-bond acceptors (Lipinski definition) is 3. The van der Waals surface area contributed by atoms with E-state index in [-0.39, 0.29) is 0 Å². The molecule has 1 aromatic rings. The van der Waals surface area contributed by atoms with Gasteiger partial charge in [-0.05, 0) is 51.2 Å². The first-order chi connectivity index (χ1) is 9.18. The van der Waals surface area contributed by atoms with Gasteiger partial charge >= 0.3 is 13.1 Å². The van der Waals surface area contributed by atoms with Crippen molar-refractivity contribution in [2.24, 2.45) is 0 Å². The Morgan fingerprint density at radius 3 is 2.20 bits per heavy atom. The zero-order valence-electron chi connectivity index (χ0n) is 12.7. The van der Waals surface area contributed by atoms with Crippen LogP contribution in [0.15, 0.2) is 18.2 Å². The van der Waals surface area contributed by atoms with Crippen LogP contribution in [0, 0.1) is 0 Å². The third kappa shape index (κ3) is 2.48. The van der Waals surface area contributed by atoms with E-state index in [4.69, 9.17) is 9.31 Å². The van der Waals surface area contributed by atoms with E-state index in [1.54, 1.807) is 6.07 Å². The van der Waals surface area contributed by atoms with Crippen LogP contribution in [-0.4, -0.2) is 29.4 Å². The molecular weight excluding hydrogens is 255 g/mol. The van der Waals surface area contributed by atoms with Crippen LogP contribution in [-0.2, 0) is 15.7 Å². The second-order valence-corrected chi connectivity index (χ2v) is 6.16. The lowest BCUT2D eigenvalue weighted by Gasteiger charge is -2.32. The van der Waals surface area contributed by atoms with Gasteiger partial charge in [0.1, 0.15) is 0 Å². The average Bonchev–Trinajstić information content (AvgIpc) is 2.57. The molecule has 0 aliphatic carbocycles. The van der Waals surface area contributed by atoms with Gasteiger partial charge < -0.3 is 14.4 Å². The fourth-order valence-electron chi connectivity index (χ4n) is 2.23. The molecule has 0 atom stereocenters. The van der Waals surface area contributed by atoms with Crippen LogP contribution in [0.4, 0.5) is 0 Å². The minimum atomic E-state index is -0.916. The summed E-state index contributed by atoms with van der Waals surface area (Å²) in [6.45, 7) is 9.85. The number of carboxylic acid groups (broad SMARTS) is 1. The van der Waals surface area contributed by atoms with Crippen molar-refractivity contribution in [3.05, 3.63) is 29.3 Å². The van der Waals surface area contributed by atoms with Gasteiger partial charge in [-0.3, -0.25) is 0 Å². The highest BCUT2D eigenvalue weighted by atomic mass is 16.7. The molecule has 0 unspecified atom stereocenters. The van der Waals surface area contributed by atoms with Crippen molar-refractivity contribution >= 4 is 18.6 Å². The molecule has 1 aliphatic heterocycles. The molecule has 0 spiro atoms. The Hall–Kier alpha value is -1.33. The number of rotatable bonds is 3. The van der Waals surface area contributed by atoms with Crippen molar-refractivity contribution in [1.29, 1.82) is 0 Å². The molecule has 1 fully saturated rings. The van der Waals surface area contributed by atoms with E-state index >= 15 is 0 Å². The lowest BCUT2D eigenvalue weighted by atomic mass is 9.77. The maximum atomic E-state index is 11.3. The van der Waals surface area contributed by atoms with Gasteiger partial charge in [0.05, 0.1) is 16.8 Å². The minimum absolute atomic E-state index is 0.319. The Morgan fingerprint density at radius 1 is 1.20 bits per heavy atom. The summed E-state index contributed by atoms with van der Waals surface area (Å²) in [6, 6.07) is 5.38. The Morgan fingerprint density at radius 2 is 1.75 bits per heavy atom. The van der Waals surface area contributed by atoms with Crippen LogP contribution < -0.4 is 5.46 Å². The second-order valence-electron chi connectivity index (χ2n) is 6.16.